The Hall–Kier alpha value is -1.75. The van der Waals surface area contributed by atoms with E-state index in [9.17, 15) is 9.90 Å². The molecule has 1 heterocycles. The number of carbonyl (C=O) groups excluding carboxylic acids is 1. The van der Waals surface area contributed by atoms with Crippen LogP contribution in [0.4, 0.5) is 16.2 Å². The highest BCUT2D eigenvalue weighted by atomic mass is 16.3. The van der Waals surface area contributed by atoms with E-state index < -0.39 is 0 Å². The van der Waals surface area contributed by atoms with Crippen molar-refractivity contribution in [2.75, 3.05) is 23.3 Å². The molecule has 1 aromatic rings. The predicted molar refractivity (Wildman–Crippen MR) is 79.1 cm³/mol. The number of aliphatic hydroxyl groups is 1. The van der Waals surface area contributed by atoms with E-state index in [0.717, 1.165) is 43.6 Å². The molecule has 2 amide bonds. The average Bonchev–Trinajstić information content (AvgIpc) is 2.89. The second-order valence-corrected chi connectivity index (χ2v) is 5.58. The third-order valence-electron chi connectivity index (χ3n) is 4.10. The summed E-state index contributed by atoms with van der Waals surface area (Å²) < 4.78 is 0. The Labute approximate surface area is 119 Å². The van der Waals surface area contributed by atoms with E-state index in [2.05, 4.69) is 10.6 Å². The summed E-state index contributed by atoms with van der Waals surface area (Å²) in [6.07, 6.45) is 3.66. The van der Waals surface area contributed by atoms with Crippen LogP contribution in [0.2, 0.25) is 0 Å². The molecule has 3 N–H and O–H groups in total. The lowest BCUT2D eigenvalue weighted by atomic mass is 9.93. The van der Waals surface area contributed by atoms with Crippen molar-refractivity contribution in [3.63, 3.8) is 0 Å². The molecule has 0 bridgehead atoms. The minimum atomic E-state index is -0.121. The van der Waals surface area contributed by atoms with Crippen molar-refractivity contribution >= 4 is 17.4 Å². The third kappa shape index (κ3) is 2.88. The van der Waals surface area contributed by atoms with Gasteiger partial charge in [0.15, 0.2) is 0 Å². The SMILES string of the molecule is O=C1NCCN1c1ccc(NC2CCC(O)CC2)cc1. The van der Waals surface area contributed by atoms with Crippen molar-refractivity contribution in [2.24, 2.45) is 0 Å². The predicted octanol–water partition coefficient (Wildman–Crippen LogP) is 1.93. The zero-order valence-electron chi connectivity index (χ0n) is 11.5. The second-order valence-electron chi connectivity index (χ2n) is 5.58. The molecule has 2 aliphatic rings. The first-order valence-corrected chi connectivity index (χ1v) is 7.32. The van der Waals surface area contributed by atoms with Crippen LogP contribution in [0.15, 0.2) is 24.3 Å². The Morgan fingerprint density at radius 2 is 1.85 bits per heavy atom. The van der Waals surface area contributed by atoms with E-state index in [1.54, 1.807) is 4.90 Å². The summed E-state index contributed by atoms with van der Waals surface area (Å²) in [6.45, 7) is 1.44. The minimum absolute atomic E-state index is 0.0213. The number of anilines is 2. The number of nitrogens with one attached hydrogen (secondary N) is 2. The standard InChI is InChI=1S/C15H21N3O2/c19-14-7-3-12(4-8-14)17-11-1-5-13(6-2-11)18-10-9-16-15(18)20/h1-2,5-6,12,14,17,19H,3-4,7-10H2,(H,16,20). The van der Waals surface area contributed by atoms with Crippen molar-refractivity contribution in [1.29, 1.82) is 0 Å². The lowest BCUT2D eigenvalue weighted by molar-refractivity contribution is 0.126. The number of aliphatic hydroxyl groups excluding tert-OH is 1. The summed E-state index contributed by atoms with van der Waals surface area (Å²) in [6, 6.07) is 8.42. The molecule has 2 fully saturated rings. The topological polar surface area (TPSA) is 64.6 Å². The number of hydrogen-bond donors (Lipinski definition) is 3. The lowest BCUT2D eigenvalue weighted by Crippen LogP contribution is -2.28. The molecule has 1 aliphatic heterocycles. The molecule has 1 saturated heterocycles. The van der Waals surface area contributed by atoms with E-state index >= 15 is 0 Å². The summed E-state index contributed by atoms with van der Waals surface area (Å²) in [5.41, 5.74) is 2.01. The van der Waals surface area contributed by atoms with Crippen molar-refractivity contribution < 1.29 is 9.90 Å². The number of amides is 2. The molecule has 0 aromatic heterocycles. The van der Waals surface area contributed by atoms with Gasteiger partial charge in [-0.25, -0.2) is 4.79 Å². The molecule has 5 nitrogen and oxygen atoms in total. The van der Waals surface area contributed by atoms with Gasteiger partial charge in [0, 0.05) is 30.5 Å². The van der Waals surface area contributed by atoms with E-state index in [4.69, 9.17) is 0 Å². The summed E-state index contributed by atoms with van der Waals surface area (Å²) in [5, 5.41) is 15.8. The summed E-state index contributed by atoms with van der Waals surface area (Å²) in [5.74, 6) is 0. The van der Waals surface area contributed by atoms with Crippen LogP contribution in [0.1, 0.15) is 25.7 Å². The smallest absolute Gasteiger partial charge is 0.321 e. The maximum atomic E-state index is 11.6. The van der Waals surface area contributed by atoms with Crippen LogP contribution in [0.5, 0.6) is 0 Å². The second kappa shape index (κ2) is 5.71. The van der Waals surface area contributed by atoms with E-state index in [1.165, 1.54) is 0 Å². The molecule has 108 valence electrons. The van der Waals surface area contributed by atoms with Crippen molar-refractivity contribution in [3.05, 3.63) is 24.3 Å². The van der Waals surface area contributed by atoms with E-state index in [0.29, 0.717) is 12.6 Å². The number of carbonyl (C=O) groups is 1. The zero-order valence-corrected chi connectivity index (χ0v) is 11.5. The van der Waals surface area contributed by atoms with Crippen molar-refractivity contribution in [1.82, 2.24) is 5.32 Å². The van der Waals surface area contributed by atoms with Gasteiger partial charge >= 0.3 is 6.03 Å². The Balaban J connectivity index is 1.60. The first-order valence-electron chi connectivity index (χ1n) is 7.32. The number of hydrogen-bond acceptors (Lipinski definition) is 3. The van der Waals surface area contributed by atoms with Crippen LogP contribution in [-0.4, -0.2) is 36.4 Å². The summed E-state index contributed by atoms with van der Waals surface area (Å²) in [4.78, 5) is 13.3. The van der Waals surface area contributed by atoms with Crippen LogP contribution >= 0.6 is 0 Å². The molecule has 1 aromatic carbocycles. The lowest BCUT2D eigenvalue weighted by Gasteiger charge is -2.27. The molecule has 0 spiro atoms. The maximum Gasteiger partial charge on any atom is 0.321 e. The Morgan fingerprint density at radius 1 is 1.15 bits per heavy atom. The highest BCUT2D eigenvalue weighted by Crippen LogP contribution is 2.24. The van der Waals surface area contributed by atoms with Gasteiger partial charge in [0.25, 0.3) is 0 Å². The first kappa shape index (κ1) is 13.2. The van der Waals surface area contributed by atoms with Crippen LogP contribution in [-0.2, 0) is 0 Å². The maximum absolute atomic E-state index is 11.6. The molecule has 1 saturated carbocycles. The highest BCUT2D eigenvalue weighted by molar-refractivity contribution is 5.94. The molecular formula is C15H21N3O2. The van der Waals surface area contributed by atoms with Crippen LogP contribution in [0, 0.1) is 0 Å². The summed E-state index contributed by atoms with van der Waals surface area (Å²) in [7, 11) is 0. The van der Waals surface area contributed by atoms with Gasteiger partial charge in [-0.05, 0) is 49.9 Å². The Morgan fingerprint density at radius 3 is 2.45 bits per heavy atom. The minimum Gasteiger partial charge on any atom is -0.393 e. The molecule has 0 radical (unpaired) electrons. The molecular weight excluding hydrogens is 254 g/mol. The van der Waals surface area contributed by atoms with Gasteiger partial charge in [-0.15, -0.1) is 0 Å². The fraction of sp³-hybridized carbons (Fsp3) is 0.533. The average molecular weight is 275 g/mol. The van der Waals surface area contributed by atoms with Crippen LogP contribution < -0.4 is 15.5 Å². The number of urea groups is 1. The fourth-order valence-electron chi connectivity index (χ4n) is 2.91. The van der Waals surface area contributed by atoms with Crippen LogP contribution in [0.3, 0.4) is 0 Å². The molecule has 3 rings (SSSR count). The molecule has 0 unspecified atom stereocenters. The van der Waals surface area contributed by atoms with E-state index in [-0.39, 0.29) is 12.1 Å². The van der Waals surface area contributed by atoms with Gasteiger partial charge in [0.1, 0.15) is 0 Å². The van der Waals surface area contributed by atoms with Crippen molar-refractivity contribution in [2.45, 2.75) is 37.8 Å². The Kier molecular flexibility index (Phi) is 3.78. The highest BCUT2D eigenvalue weighted by Gasteiger charge is 2.21. The van der Waals surface area contributed by atoms with Crippen LogP contribution in [0.25, 0.3) is 0 Å². The summed E-state index contributed by atoms with van der Waals surface area (Å²) >= 11 is 0. The monoisotopic (exact) mass is 275 g/mol. The number of benzene rings is 1. The molecule has 1 aliphatic carbocycles. The third-order valence-corrected chi connectivity index (χ3v) is 4.10. The van der Waals surface area contributed by atoms with Gasteiger partial charge in [0.2, 0.25) is 0 Å². The van der Waals surface area contributed by atoms with Gasteiger partial charge in [-0.2, -0.15) is 0 Å². The van der Waals surface area contributed by atoms with Crippen molar-refractivity contribution in [3.8, 4) is 0 Å². The van der Waals surface area contributed by atoms with Gasteiger partial charge in [-0.3, -0.25) is 4.90 Å². The zero-order chi connectivity index (χ0) is 13.9. The number of rotatable bonds is 3. The molecule has 0 atom stereocenters. The normalized spacial score (nSPS) is 26.4. The molecule has 5 heteroatoms. The Bertz CT molecular complexity index is 467. The quantitative estimate of drug-likeness (QED) is 0.790. The number of nitrogens with zero attached hydrogens (tertiary/aromatic N) is 1. The first-order chi connectivity index (χ1) is 9.72. The largest absolute Gasteiger partial charge is 0.393 e. The molecule has 20 heavy (non-hydrogen) atoms. The van der Waals surface area contributed by atoms with Gasteiger partial charge in [0.05, 0.1) is 6.10 Å². The fourth-order valence-corrected chi connectivity index (χ4v) is 2.91. The van der Waals surface area contributed by atoms with E-state index in [1.807, 2.05) is 24.3 Å². The van der Waals surface area contributed by atoms with Gasteiger partial charge < -0.3 is 15.7 Å². The van der Waals surface area contributed by atoms with Gasteiger partial charge in [-0.1, -0.05) is 0 Å².